The molecule has 1 atom stereocenters. The highest BCUT2D eigenvalue weighted by molar-refractivity contribution is 7.15. The fourth-order valence-electron chi connectivity index (χ4n) is 4.97. The number of hydrogen-bond acceptors (Lipinski definition) is 6. The molecule has 0 aliphatic carbocycles. The minimum absolute atomic E-state index is 0.00569. The topological polar surface area (TPSA) is 64.6 Å². The summed E-state index contributed by atoms with van der Waals surface area (Å²) in [5.74, 6) is 0.712. The Morgan fingerprint density at radius 2 is 1.91 bits per heavy atom. The van der Waals surface area contributed by atoms with Crippen LogP contribution in [0.1, 0.15) is 43.7 Å². The van der Waals surface area contributed by atoms with Crippen LogP contribution in [0.5, 0.6) is 0 Å². The number of rotatable bonds is 4. The summed E-state index contributed by atoms with van der Waals surface area (Å²) in [6.45, 7) is 12.2. The zero-order valence-electron chi connectivity index (χ0n) is 21.0. The van der Waals surface area contributed by atoms with Crippen molar-refractivity contribution < 1.29 is 4.79 Å². The molecule has 0 saturated carbocycles. The summed E-state index contributed by atoms with van der Waals surface area (Å²) in [7, 11) is 0. The number of nitrogens with zero attached hydrogens (tertiary/aromatic N) is 5. The lowest BCUT2D eigenvalue weighted by atomic mass is 10.1. The standard InChI is InChI=1S/C27H34N6OS/c1-5-31-16-13-18(2)33(27(34)30-26-28-19(3)20(4)35-26)25-24(31)12-11-23(29-25)21-9-8-10-22(17-21)32-14-6-7-15-32/h8-12,17-18H,5-7,13-16H2,1-4H3,(H,28,30,34)/t18-/m1/s1. The van der Waals surface area contributed by atoms with E-state index >= 15 is 0 Å². The van der Waals surface area contributed by atoms with Crippen LogP contribution in [0.2, 0.25) is 0 Å². The second-order valence-corrected chi connectivity index (χ2v) is 10.7. The predicted molar refractivity (Wildman–Crippen MR) is 146 cm³/mol. The van der Waals surface area contributed by atoms with E-state index in [1.54, 1.807) is 0 Å². The lowest BCUT2D eigenvalue weighted by Crippen LogP contribution is -2.42. The average Bonchev–Trinajstić information content (AvgIpc) is 3.47. The van der Waals surface area contributed by atoms with E-state index in [1.165, 1.54) is 29.9 Å². The van der Waals surface area contributed by atoms with Crippen LogP contribution in [-0.4, -0.2) is 48.2 Å². The molecular weight excluding hydrogens is 456 g/mol. The molecule has 4 heterocycles. The first-order valence-corrected chi connectivity index (χ1v) is 13.4. The molecule has 1 fully saturated rings. The summed E-state index contributed by atoms with van der Waals surface area (Å²) in [5.41, 5.74) is 5.14. The monoisotopic (exact) mass is 490 g/mol. The van der Waals surface area contributed by atoms with Crippen molar-refractivity contribution in [3.05, 3.63) is 47.0 Å². The fraction of sp³-hybridized carbons (Fsp3) is 0.444. The Bertz CT molecular complexity index is 1200. The maximum absolute atomic E-state index is 13.6. The van der Waals surface area contributed by atoms with Gasteiger partial charge < -0.3 is 9.80 Å². The zero-order valence-corrected chi connectivity index (χ0v) is 21.9. The Balaban J connectivity index is 1.53. The quantitative estimate of drug-likeness (QED) is 0.480. The number of pyridine rings is 1. The van der Waals surface area contributed by atoms with Gasteiger partial charge in [0.25, 0.3) is 0 Å². The van der Waals surface area contributed by atoms with Crippen LogP contribution < -0.4 is 20.0 Å². The average molecular weight is 491 g/mol. The van der Waals surface area contributed by atoms with Crippen LogP contribution in [0.25, 0.3) is 11.3 Å². The van der Waals surface area contributed by atoms with Gasteiger partial charge >= 0.3 is 6.03 Å². The van der Waals surface area contributed by atoms with Crippen molar-refractivity contribution in [3.63, 3.8) is 0 Å². The molecule has 2 amide bonds. The Morgan fingerprint density at radius 3 is 2.63 bits per heavy atom. The molecule has 0 unspecified atom stereocenters. The van der Waals surface area contributed by atoms with Gasteiger partial charge in [0.2, 0.25) is 0 Å². The van der Waals surface area contributed by atoms with E-state index in [2.05, 4.69) is 70.3 Å². The number of urea groups is 1. The van der Waals surface area contributed by atoms with Crippen LogP contribution in [0.15, 0.2) is 36.4 Å². The molecule has 2 aliphatic rings. The van der Waals surface area contributed by atoms with Gasteiger partial charge in [-0.05, 0) is 71.2 Å². The van der Waals surface area contributed by atoms with Crippen molar-refractivity contribution in [3.8, 4) is 11.3 Å². The van der Waals surface area contributed by atoms with Crippen molar-refractivity contribution in [1.82, 2.24) is 9.97 Å². The van der Waals surface area contributed by atoms with E-state index in [-0.39, 0.29) is 12.1 Å². The third-order valence-corrected chi connectivity index (χ3v) is 8.13. The SMILES string of the molecule is CCN1CC[C@@H](C)N(C(=O)Nc2nc(C)c(C)s2)c2nc(-c3cccc(N4CCCC4)c3)ccc21. The molecule has 1 saturated heterocycles. The van der Waals surface area contributed by atoms with Crippen LogP contribution in [0, 0.1) is 13.8 Å². The molecule has 0 bridgehead atoms. The normalized spacial score (nSPS) is 17.9. The Hall–Kier alpha value is -3.13. The number of aromatic nitrogens is 2. The molecule has 8 heteroatoms. The van der Waals surface area contributed by atoms with Crippen LogP contribution in [-0.2, 0) is 0 Å². The van der Waals surface area contributed by atoms with E-state index in [4.69, 9.17) is 4.98 Å². The van der Waals surface area contributed by atoms with Crippen LogP contribution in [0.3, 0.4) is 0 Å². The molecular formula is C27H34N6OS. The van der Waals surface area contributed by atoms with Gasteiger partial charge in [0.05, 0.1) is 17.1 Å². The number of carbonyl (C=O) groups excluding carboxylic acids is 1. The van der Waals surface area contributed by atoms with Crippen molar-refractivity contribution in [2.24, 2.45) is 0 Å². The first-order chi connectivity index (χ1) is 16.9. The van der Waals surface area contributed by atoms with Crippen molar-refractivity contribution in [2.75, 3.05) is 46.2 Å². The molecule has 5 rings (SSSR count). The zero-order chi connectivity index (χ0) is 24.5. The van der Waals surface area contributed by atoms with Crippen molar-refractivity contribution in [2.45, 2.75) is 53.0 Å². The summed E-state index contributed by atoms with van der Waals surface area (Å²) in [6, 6.07) is 12.7. The Morgan fingerprint density at radius 1 is 1.11 bits per heavy atom. The molecule has 1 aromatic carbocycles. The minimum atomic E-state index is -0.180. The highest BCUT2D eigenvalue weighted by Crippen LogP contribution is 2.36. The number of nitrogens with one attached hydrogen (secondary N) is 1. The van der Waals surface area contributed by atoms with E-state index in [1.807, 2.05) is 18.7 Å². The molecule has 35 heavy (non-hydrogen) atoms. The molecule has 2 aromatic heterocycles. The molecule has 0 radical (unpaired) electrons. The summed E-state index contributed by atoms with van der Waals surface area (Å²) in [6.07, 6.45) is 3.36. The first-order valence-electron chi connectivity index (χ1n) is 12.6. The summed E-state index contributed by atoms with van der Waals surface area (Å²) < 4.78 is 0. The number of fused-ring (bicyclic) bond motifs is 1. The second-order valence-electron chi connectivity index (χ2n) is 9.46. The lowest BCUT2D eigenvalue weighted by Gasteiger charge is -2.28. The molecule has 184 valence electrons. The maximum atomic E-state index is 13.6. The highest BCUT2D eigenvalue weighted by atomic mass is 32.1. The van der Waals surface area contributed by atoms with Gasteiger partial charge in [0, 0.05) is 48.3 Å². The predicted octanol–water partition coefficient (Wildman–Crippen LogP) is 6.08. The van der Waals surface area contributed by atoms with Crippen molar-refractivity contribution >= 4 is 39.7 Å². The Kier molecular flexibility index (Phi) is 6.65. The number of carbonyl (C=O) groups is 1. The molecule has 3 aromatic rings. The van der Waals surface area contributed by atoms with Gasteiger partial charge in [-0.2, -0.15) is 0 Å². The van der Waals surface area contributed by atoms with Gasteiger partial charge in [-0.1, -0.05) is 12.1 Å². The van der Waals surface area contributed by atoms with Gasteiger partial charge in [-0.25, -0.2) is 14.8 Å². The highest BCUT2D eigenvalue weighted by Gasteiger charge is 2.31. The third kappa shape index (κ3) is 4.72. The van der Waals surface area contributed by atoms with Gasteiger partial charge in [-0.15, -0.1) is 11.3 Å². The van der Waals surface area contributed by atoms with E-state index in [0.29, 0.717) is 10.9 Å². The van der Waals surface area contributed by atoms with E-state index in [9.17, 15) is 4.79 Å². The van der Waals surface area contributed by atoms with Crippen molar-refractivity contribution in [1.29, 1.82) is 0 Å². The number of anilines is 4. The minimum Gasteiger partial charge on any atom is -0.372 e. The number of amides is 2. The molecule has 2 aliphatic heterocycles. The van der Waals surface area contributed by atoms with Gasteiger partial charge in [0.15, 0.2) is 10.9 Å². The summed E-state index contributed by atoms with van der Waals surface area (Å²) in [5, 5.41) is 3.67. The third-order valence-electron chi connectivity index (χ3n) is 7.14. The van der Waals surface area contributed by atoms with Crippen LogP contribution in [0.4, 0.5) is 27.1 Å². The van der Waals surface area contributed by atoms with Gasteiger partial charge in [-0.3, -0.25) is 10.2 Å². The van der Waals surface area contributed by atoms with E-state index < -0.39 is 0 Å². The smallest absolute Gasteiger partial charge is 0.329 e. The number of aryl methyl sites for hydroxylation is 2. The fourth-order valence-corrected chi connectivity index (χ4v) is 5.77. The molecule has 0 spiro atoms. The summed E-state index contributed by atoms with van der Waals surface area (Å²) >= 11 is 1.51. The van der Waals surface area contributed by atoms with Gasteiger partial charge in [0.1, 0.15) is 0 Å². The lowest BCUT2D eigenvalue weighted by molar-refractivity contribution is 0.255. The molecule has 7 nitrogen and oxygen atoms in total. The second kappa shape index (κ2) is 9.85. The first kappa shape index (κ1) is 23.6. The number of benzene rings is 1. The summed E-state index contributed by atoms with van der Waals surface area (Å²) in [4.78, 5) is 30.9. The molecule has 1 N–H and O–H groups in total. The number of hydrogen-bond donors (Lipinski definition) is 1. The van der Waals surface area contributed by atoms with Crippen LogP contribution >= 0.6 is 11.3 Å². The largest absolute Gasteiger partial charge is 0.372 e. The number of thiazole rings is 1. The van der Waals surface area contributed by atoms with E-state index in [0.717, 1.165) is 60.1 Å². The Labute approximate surface area is 211 Å². The maximum Gasteiger partial charge on any atom is 0.329 e.